The van der Waals surface area contributed by atoms with Gasteiger partial charge in [-0.05, 0) is 104 Å². The summed E-state index contributed by atoms with van der Waals surface area (Å²) in [6.45, 7) is 14.4. The molecule has 2 aliphatic carbocycles. The fraction of sp³-hybridized carbons (Fsp3) is 0.200. The van der Waals surface area contributed by atoms with Crippen LogP contribution in [0.4, 0.5) is 17.1 Å². The molecule has 6 aromatic carbocycles. The molecule has 0 radical (unpaired) electrons. The zero-order valence-corrected chi connectivity index (χ0v) is 28.8. The molecule has 0 N–H and O–H groups in total. The van der Waals surface area contributed by atoms with Crippen LogP contribution in [0.15, 0.2) is 127 Å². The Morgan fingerprint density at radius 1 is 0.447 bits per heavy atom. The molecule has 0 fully saturated rings. The number of thiophene rings is 1. The fourth-order valence-electron chi connectivity index (χ4n) is 8.57. The molecule has 230 valence electrons. The van der Waals surface area contributed by atoms with Crippen molar-refractivity contribution in [2.24, 2.45) is 0 Å². The maximum absolute atomic E-state index is 2.45. The Hall–Kier alpha value is -4.66. The lowest BCUT2D eigenvalue weighted by Gasteiger charge is -2.48. The van der Waals surface area contributed by atoms with Crippen molar-refractivity contribution in [3.63, 3.8) is 0 Å². The highest BCUT2D eigenvalue weighted by Gasteiger charge is 2.46. The Kier molecular flexibility index (Phi) is 5.88. The van der Waals surface area contributed by atoms with Crippen molar-refractivity contribution in [2.75, 3.05) is 4.90 Å². The highest BCUT2D eigenvalue weighted by molar-refractivity contribution is 7.26. The highest BCUT2D eigenvalue weighted by atomic mass is 32.1. The molecule has 0 unspecified atom stereocenters. The molecule has 0 spiro atoms. The first-order valence-corrected chi connectivity index (χ1v) is 17.6. The Morgan fingerprint density at radius 3 is 1.83 bits per heavy atom. The minimum atomic E-state index is -0.0646. The number of hydrogen-bond donors (Lipinski definition) is 0. The number of fused-ring (bicyclic) bond motifs is 10. The maximum Gasteiger partial charge on any atom is 0.0468 e. The van der Waals surface area contributed by atoms with E-state index < -0.39 is 0 Å². The van der Waals surface area contributed by atoms with Crippen LogP contribution in [0.5, 0.6) is 0 Å². The van der Waals surface area contributed by atoms with Gasteiger partial charge in [0.15, 0.2) is 0 Å². The third kappa shape index (κ3) is 3.82. The van der Waals surface area contributed by atoms with Crippen molar-refractivity contribution in [1.29, 1.82) is 0 Å². The molecule has 0 atom stereocenters. The Balaban J connectivity index is 1.29. The van der Waals surface area contributed by atoms with Gasteiger partial charge in [-0.3, -0.25) is 0 Å². The van der Waals surface area contributed by atoms with Crippen LogP contribution in [0, 0.1) is 0 Å². The zero-order chi connectivity index (χ0) is 32.3. The van der Waals surface area contributed by atoms with E-state index in [1.807, 2.05) is 11.3 Å². The summed E-state index contributed by atoms with van der Waals surface area (Å²) in [5.74, 6) is 0. The van der Waals surface area contributed by atoms with Gasteiger partial charge in [-0.25, -0.2) is 0 Å². The van der Waals surface area contributed by atoms with Crippen molar-refractivity contribution in [2.45, 2.75) is 57.8 Å². The van der Waals surface area contributed by atoms with Crippen LogP contribution in [0.25, 0.3) is 42.4 Å². The van der Waals surface area contributed by atoms with Crippen LogP contribution >= 0.6 is 11.3 Å². The molecule has 47 heavy (non-hydrogen) atoms. The lowest BCUT2D eigenvalue weighted by Crippen LogP contribution is -2.43. The van der Waals surface area contributed by atoms with E-state index in [2.05, 4.69) is 174 Å². The molecule has 0 saturated carbocycles. The fourth-order valence-corrected chi connectivity index (χ4v) is 9.67. The third-order valence-electron chi connectivity index (χ3n) is 11.8. The topological polar surface area (TPSA) is 3.24 Å². The molecular formula is C45H39NS. The minimum Gasteiger partial charge on any atom is -0.310 e. The van der Waals surface area contributed by atoms with Crippen LogP contribution in [0.3, 0.4) is 0 Å². The third-order valence-corrected chi connectivity index (χ3v) is 13.0. The summed E-state index contributed by atoms with van der Waals surface area (Å²) in [5.41, 5.74) is 14.6. The second kappa shape index (κ2) is 9.69. The van der Waals surface area contributed by atoms with Gasteiger partial charge in [-0.15, -0.1) is 11.3 Å². The van der Waals surface area contributed by atoms with Gasteiger partial charge in [0.1, 0.15) is 0 Å². The molecule has 0 aliphatic heterocycles. The van der Waals surface area contributed by atoms with Gasteiger partial charge in [0.2, 0.25) is 0 Å². The van der Waals surface area contributed by atoms with Crippen LogP contribution in [0.2, 0.25) is 0 Å². The number of anilines is 3. The molecule has 9 rings (SSSR count). The molecule has 1 aromatic heterocycles. The minimum absolute atomic E-state index is 0.00632. The van der Waals surface area contributed by atoms with E-state index in [1.54, 1.807) is 0 Å². The van der Waals surface area contributed by atoms with E-state index in [0.29, 0.717) is 0 Å². The normalized spacial score (nSPS) is 16.4. The first-order valence-electron chi connectivity index (χ1n) is 16.8. The van der Waals surface area contributed by atoms with Gasteiger partial charge in [0, 0.05) is 42.6 Å². The van der Waals surface area contributed by atoms with Crippen molar-refractivity contribution in [3.05, 3.63) is 150 Å². The predicted octanol–water partition coefficient (Wildman–Crippen LogP) is 13.1. The smallest absolute Gasteiger partial charge is 0.0468 e. The van der Waals surface area contributed by atoms with Gasteiger partial charge in [-0.1, -0.05) is 120 Å². The van der Waals surface area contributed by atoms with Crippen molar-refractivity contribution in [1.82, 2.24) is 0 Å². The number of benzene rings is 6. The molecule has 0 bridgehead atoms. The van der Waals surface area contributed by atoms with E-state index in [4.69, 9.17) is 0 Å². The number of rotatable bonds is 3. The highest BCUT2D eigenvalue weighted by Crippen LogP contribution is 2.57. The summed E-state index contributed by atoms with van der Waals surface area (Å²) < 4.78 is 2.68. The molecule has 2 aliphatic rings. The summed E-state index contributed by atoms with van der Waals surface area (Å²) in [5, 5.41) is 2.72. The standard InChI is InChI=1S/C45H39NS/c1-43(2)35-18-12-10-16-31(35)32-22-20-30(27-38(32)43)46(28-14-8-7-9-15-28)29-21-24-39-34(26-29)42-40(47-39)25-23-37-41(42)33-17-11-13-19-36(33)44(3,4)45(37,5)6/h7-27H,1-6H3. The van der Waals surface area contributed by atoms with Gasteiger partial charge in [0.25, 0.3) is 0 Å². The largest absolute Gasteiger partial charge is 0.310 e. The average molecular weight is 626 g/mol. The first kappa shape index (κ1) is 28.6. The summed E-state index contributed by atoms with van der Waals surface area (Å²) in [6.07, 6.45) is 0. The van der Waals surface area contributed by atoms with E-state index in [-0.39, 0.29) is 16.2 Å². The van der Waals surface area contributed by atoms with Crippen molar-refractivity contribution in [3.8, 4) is 22.3 Å². The Morgan fingerprint density at radius 2 is 1.04 bits per heavy atom. The molecule has 2 heteroatoms. The molecule has 7 aromatic rings. The van der Waals surface area contributed by atoms with E-state index in [0.717, 1.165) is 5.69 Å². The molecule has 1 nitrogen and oxygen atoms in total. The average Bonchev–Trinajstić information content (AvgIpc) is 3.56. The van der Waals surface area contributed by atoms with Crippen molar-refractivity contribution >= 4 is 48.6 Å². The zero-order valence-electron chi connectivity index (χ0n) is 28.0. The van der Waals surface area contributed by atoms with Gasteiger partial charge in [0.05, 0.1) is 0 Å². The predicted molar refractivity (Wildman–Crippen MR) is 203 cm³/mol. The van der Waals surface area contributed by atoms with Crippen LogP contribution in [-0.2, 0) is 16.2 Å². The molecule has 1 heterocycles. The molecule has 0 amide bonds. The lowest BCUT2D eigenvalue weighted by atomic mass is 9.55. The quantitative estimate of drug-likeness (QED) is 0.189. The van der Waals surface area contributed by atoms with E-state index in [9.17, 15) is 0 Å². The number of para-hydroxylation sites is 1. The second-order valence-corrected chi connectivity index (χ2v) is 16.1. The summed E-state index contributed by atoms with van der Waals surface area (Å²) in [4.78, 5) is 2.44. The van der Waals surface area contributed by atoms with Crippen LogP contribution in [-0.4, -0.2) is 0 Å². The van der Waals surface area contributed by atoms with Gasteiger partial charge in [-0.2, -0.15) is 0 Å². The van der Waals surface area contributed by atoms with Crippen LogP contribution in [0.1, 0.15) is 63.8 Å². The molecular weight excluding hydrogens is 587 g/mol. The Bertz CT molecular complexity index is 2390. The van der Waals surface area contributed by atoms with Gasteiger partial charge >= 0.3 is 0 Å². The summed E-state index contributed by atoms with van der Waals surface area (Å²) >= 11 is 1.91. The van der Waals surface area contributed by atoms with E-state index in [1.165, 1.54) is 76.1 Å². The summed E-state index contributed by atoms with van der Waals surface area (Å²) in [6, 6.07) is 47.8. The van der Waals surface area contributed by atoms with Crippen LogP contribution < -0.4 is 4.90 Å². The van der Waals surface area contributed by atoms with E-state index >= 15 is 0 Å². The van der Waals surface area contributed by atoms with Gasteiger partial charge < -0.3 is 4.90 Å². The maximum atomic E-state index is 2.45. The summed E-state index contributed by atoms with van der Waals surface area (Å²) in [7, 11) is 0. The number of hydrogen-bond acceptors (Lipinski definition) is 2. The number of nitrogens with zero attached hydrogens (tertiary/aromatic N) is 1. The monoisotopic (exact) mass is 625 g/mol. The SMILES string of the molecule is CC1(C)c2ccccc2-c2ccc(N(c3ccccc3)c3ccc4sc5ccc6c(c5c4c3)-c3ccccc3C(C)(C)C6(C)C)cc21. The molecule has 0 saturated heterocycles. The van der Waals surface area contributed by atoms with Crippen molar-refractivity contribution < 1.29 is 0 Å². The Labute approximate surface area is 282 Å². The first-order chi connectivity index (χ1) is 22.6. The lowest BCUT2D eigenvalue weighted by molar-refractivity contribution is 0.299. The second-order valence-electron chi connectivity index (χ2n) is 15.0.